The Labute approximate surface area is 114 Å². The highest BCUT2D eigenvalue weighted by Crippen LogP contribution is 2.29. The molecule has 0 amide bonds. The molecule has 0 aliphatic carbocycles. The van der Waals surface area contributed by atoms with Crippen LogP contribution in [0, 0.1) is 0 Å². The summed E-state index contributed by atoms with van der Waals surface area (Å²) in [4.78, 5) is 10.8. The molecule has 6 heteroatoms. The molecule has 0 aliphatic heterocycles. The number of esters is 1. The second kappa shape index (κ2) is 8.07. The average Bonchev–Trinajstić information content (AvgIpc) is 2.30. The Morgan fingerprint density at radius 3 is 2.72 bits per heavy atom. The zero-order chi connectivity index (χ0) is 13.4. The van der Waals surface area contributed by atoms with Crippen molar-refractivity contribution in [3.8, 4) is 11.5 Å². The highest BCUT2D eigenvalue weighted by Gasteiger charge is 2.05. The maximum atomic E-state index is 10.8. The van der Waals surface area contributed by atoms with Crippen LogP contribution in [0.2, 0.25) is 0 Å². The van der Waals surface area contributed by atoms with Crippen LogP contribution in [0.5, 0.6) is 11.5 Å². The van der Waals surface area contributed by atoms with Gasteiger partial charge in [-0.25, -0.2) is 0 Å². The number of hydrogen-bond acceptors (Lipinski definition) is 5. The van der Waals surface area contributed by atoms with Gasteiger partial charge in [-0.15, -0.1) is 0 Å². The van der Waals surface area contributed by atoms with E-state index in [-0.39, 0.29) is 12.8 Å². The van der Waals surface area contributed by atoms with Gasteiger partial charge in [0.25, 0.3) is 0 Å². The van der Waals surface area contributed by atoms with Crippen molar-refractivity contribution in [3.05, 3.63) is 22.7 Å². The molecule has 0 atom stereocenters. The maximum absolute atomic E-state index is 10.8. The molecular formula is C12H15BrO5. The molecule has 0 radical (unpaired) electrons. The molecule has 0 spiro atoms. The van der Waals surface area contributed by atoms with Gasteiger partial charge in [0.05, 0.1) is 17.7 Å². The number of hydrogen-bond donors (Lipinski definition) is 0. The quantitative estimate of drug-likeness (QED) is 0.334. The number of methoxy groups -OCH3 is 1. The van der Waals surface area contributed by atoms with Crippen molar-refractivity contribution >= 4 is 21.9 Å². The van der Waals surface area contributed by atoms with Gasteiger partial charge >= 0.3 is 5.97 Å². The van der Waals surface area contributed by atoms with Crippen molar-refractivity contribution in [2.45, 2.75) is 6.92 Å². The zero-order valence-corrected chi connectivity index (χ0v) is 11.9. The third-order valence-corrected chi connectivity index (χ3v) is 2.51. The Morgan fingerprint density at radius 2 is 2.11 bits per heavy atom. The van der Waals surface area contributed by atoms with E-state index >= 15 is 0 Å². The van der Waals surface area contributed by atoms with Crippen molar-refractivity contribution in [2.24, 2.45) is 0 Å². The van der Waals surface area contributed by atoms with E-state index in [4.69, 9.17) is 18.9 Å². The lowest BCUT2D eigenvalue weighted by Crippen LogP contribution is -2.08. The minimum atomic E-state index is -0.363. The largest absolute Gasteiger partial charge is 0.466 e. The van der Waals surface area contributed by atoms with E-state index in [0.29, 0.717) is 29.2 Å². The molecule has 1 aromatic rings. The molecule has 0 heterocycles. The molecule has 100 valence electrons. The molecule has 0 aromatic heterocycles. The molecular weight excluding hydrogens is 304 g/mol. The first-order chi connectivity index (χ1) is 8.63. The third kappa shape index (κ3) is 5.48. The summed E-state index contributed by atoms with van der Waals surface area (Å²) >= 11 is 3.32. The first-order valence-corrected chi connectivity index (χ1v) is 6.10. The average molecular weight is 319 g/mol. The molecule has 0 N–H and O–H groups in total. The van der Waals surface area contributed by atoms with E-state index in [9.17, 15) is 4.79 Å². The van der Waals surface area contributed by atoms with Gasteiger partial charge in [-0.2, -0.15) is 0 Å². The second-order valence-corrected chi connectivity index (χ2v) is 4.20. The van der Waals surface area contributed by atoms with Gasteiger partial charge in [-0.3, -0.25) is 4.79 Å². The number of carbonyl (C=O) groups is 1. The number of ether oxygens (including phenoxy) is 4. The summed E-state index contributed by atoms with van der Waals surface area (Å²) in [6, 6.07) is 5.00. The summed E-state index contributed by atoms with van der Waals surface area (Å²) in [5.74, 6) is 0.712. The highest BCUT2D eigenvalue weighted by molar-refractivity contribution is 9.10. The van der Waals surface area contributed by atoms with Crippen molar-refractivity contribution in [2.75, 3.05) is 27.1 Å². The molecule has 0 bridgehead atoms. The van der Waals surface area contributed by atoms with Crippen molar-refractivity contribution in [1.29, 1.82) is 0 Å². The first kappa shape index (κ1) is 14.9. The summed E-state index contributed by atoms with van der Waals surface area (Å²) in [6.45, 7) is 2.48. The lowest BCUT2D eigenvalue weighted by atomic mass is 10.3. The summed E-state index contributed by atoms with van der Waals surface area (Å²) in [7, 11) is 1.61. The molecule has 0 aliphatic rings. The molecule has 1 aromatic carbocycles. The molecule has 0 saturated heterocycles. The lowest BCUT2D eigenvalue weighted by Gasteiger charge is -2.09. The minimum Gasteiger partial charge on any atom is -0.466 e. The predicted molar refractivity (Wildman–Crippen MR) is 68.8 cm³/mol. The topological polar surface area (TPSA) is 54.0 Å². The van der Waals surface area contributed by atoms with Gasteiger partial charge in [-0.05, 0) is 34.1 Å². The monoisotopic (exact) mass is 318 g/mol. The van der Waals surface area contributed by atoms with Crippen LogP contribution < -0.4 is 9.47 Å². The number of carbonyl (C=O) groups excluding carboxylic acids is 1. The first-order valence-electron chi connectivity index (χ1n) is 5.31. The molecule has 18 heavy (non-hydrogen) atoms. The van der Waals surface area contributed by atoms with Gasteiger partial charge < -0.3 is 18.9 Å². The number of rotatable bonds is 7. The van der Waals surface area contributed by atoms with E-state index < -0.39 is 0 Å². The van der Waals surface area contributed by atoms with Crippen LogP contribution in [0.4, 0.5) is 0 Å². The second-order valence-electron chi connectivity index (χ2n) is 3.35. The molecule has 0 unspecified atom stereocenters. The fourth-order valence-electron chi connectivity index (χ4n) is 1.13. The number of benzene rings is 1. The van der Waals surface area contributed by atoms with E-state index in [1.165, 1.54) is 6.92 Å². The van der Waals surface area contributed by atoms with E-state index in [1.807, 2.05) is 0 Å². The van der Waals surface area contributed by atoms with Gasteiger partial charge in [-0.1, -0.05) is 0 Å². The molecule has 0 saturated carbocycles. The van der Waals surface area contributed by atoms with Crippen molar-refractivity contribution in [3.63, 3.8) is 0 Å². The van der Waals surface area contributed by atoms with E-state index in [0.717, 1.165) is 0 Å². The van der Waals surface area contributed by atoms with Gasteiger partial charge in [0.1, 0.15) is 11.5 Å². The van der Waals surface area contributed by atoms with Crippen molar-refractivity contribution < 1.29 is 23.7 Å². The van der Waals surface area contributed by atoms with E-state index in [1.54, 1.807) is 25.3 Å². The molecule has 0 fully saturated rings. The van der Waals surface area contributed by atoms with Crippen LogP contribution in [-0.4, -0.2) is 33.1 Å². The smallest absolute Gasteiger partial charge is 0.308 e. The Morgan fingerprint density at radius 1 is 1.33 bits per heavy atom. The van der Waals surface area contributed by atoms with Crippen LogP contribution in [0.1, 0.15) is 6.92 Å². The lowest BCUT2D eigenvalue weighted by molar-refractivity contribution is -0.131. The molecule has 5 nitrogen and oxygen atoms in total. The number of halogens is 1. The standard InChI is InChI=1S/C12H15BrO5/c1-9(14)18-10-3-4-12(11(13)7-10)17-8-16-6-5-15-2/h3-4,7H,5-6,8H2,1-2H3. The van der Waals surface area contributed by atoms with Crippen molar-refractivity contribution in [1.82, 2.24) is 0 Å². The summed E-state index contributed by atoms with van der Waals surface area (Å²) in [5.41, 5.74) is 0. The Kier molecular flexibility index (Phi) is 6.70. The van der Waals surface area contributed by atoms with Gasteiger partial charge in [0.15, 0.2) is 6.79 Å². The molecule has 1 rings (SSSR count). The highest BCUT2D eigenvalue weighted by atomic mass is 79.9. The Balaban J connectivity index is 2.44. The fraction of sp³-hybridized carbons (Fsp3) is 0.417. The normalized spacial score (nSPS) is 10.2. The third-order valence-electron chi connectivity index (χ3n) is 1.89. The minimum absolute atomic E-state index is 0.134. The van der Waals surface area contributed by atoms with Gasteiger partial charge in [0.2, 0.25) is 0 Å². The SMILES string of the molecule is COCCOCOc1ccc(OC(C)=O)cc1Br. The van der Waals surface area contributed by atoms with Crippen LogP contribution in [0.25, 0.3) is 0 Å². The maximum Gasteiger partial charge on any atom is 0.308 e. The summed E-state index contributed by atoms with van der Waals surface area (Å²) in [6.07, 6.45) is 0. The van der Waals surface area contributed by atoms with Gasteiger partial charge in [0, 0.05) is 14.0 Å². The van der Waals surface area contributed by atoms with Crippen LogP contribution in [0.3, 0.4) is 0 Å². The van der Waals surface area contributed by atoms with Crippen LogP contribution >= 0.6 is 15.9 Å². The Bertz CT molecular complexity index is 394. The van der Waals surface area contributed by atoms with E-state index in [2.05, 4.69) is 15.9 Å². The summed E-state index contributed by atoms with van der Waals surface area (Å²) < 4.78 is 21.0. The van der Waals surface area contributed by atoms with Crippen LogP contribution in [-0.2, 0) is 14.3 Å². The Hall–Kier alpha value is -1.11. The fourth-order valence-corrected chi connectivity index (χ4v) is 1.61. The zero-order valence-electron chi connectivity index (χ0n) is 10.3. The van der Waals surface area contributed by atoms with Crippen LogP contribution in [0.15, 0.2) is 22.7 Å². The summed E-state index contributed by atoms with van der Waals surface area (Å²) in [5, 5.41) is 0. The predicted octanol–water partition coefficient (Wildman–Crippen LogP) is 2.37.